The molecule has 3 atom stereocenters. The zero-order valence-corrected chi connectivity index (χ0v) is 21.6. The fourth-order valence-electron chi connectivity index (χ4n) is 6.61. The third kappa shape index (κ3) is 3.38. The summed E-state index contributed by atoms with van der Waals surface area (Å²) in [5.41, 5.74) is 4.95. The van der Waals surface area contributed by atoms with Crippen molar-refractivity contribution in [3.05, 3.63) is 126 Å². The monoisotopic (exact) mass is 523 g/mol. The highest BCUT2D eigenvalue weighted by molar-refractivity contribution is 7.89. The Balaban J connectivity index is 1.33. The van der Waals surface area contributed by atoms with Crippen LogP contribution in [0.3, 0.4) is 0 Å². The first-order valence-corrected chi connectivity index (χ1v) is 14.2. The van der Waals surface area contributed by atoms with E-state index < -0.39 is 10.0 Å². The second-order valence-corrected chi connectivity index (χ2v) is 12.3. The molecule has 0 radical (unpaired) electrons. The third-order valence-corrected chi connectivity index (χ3v) is 10.2. The molecule has 1 aromatic heterocycles. The van der Waals surface area contributed by atoms with E-state index in [-0.39, 0.29) is 23.1 Å². The number of piperidine rings is 1. The van der Waals surface area contributed by atoms with Crippen LogP contribution >= 0.6 is 0 Å². The lowest BCUT2D eigenvalue weighted by Crippen LogP contribution is -2.34. The van der Waals surface area contributed by atoms with Crippen LogP contribution in [0, 0.1) is 18.7 Å². The predicted octanol–water partition coefficient (Wildman–Crippen LogP) is 5.83. The zero-order valence-electron chi connectivity index (χ0n) is 20.8. The minimum Gasteiger partial charge on any atom is -0.233 e. The Morgan fingerprint density at radius 2 is 1.61 bits per heavy atom. The van der Waals surface area contributed by atoms with Crippen molar-refractivity contribution in [1.82, 2.24) is 14.1 Å². The van der Waals surface area contributed by atoms with Crippen molar-refractivity contribution in [2.45, 2.75) is 23.2 Å². The van der Waals surface area contributed by atoms with Gasteiger partial charge in [0.2, 0.25) is 10.0 Å². The van der Waals surface area contributed by atoms with E-state index in [0.29, 0.717) is 18.0 Å². The fraction of sp³-hybridized carbons (Fsp3) is 0.194. The van der Waals surface area contributed by atoms with Crippen molar-refractivity contribution in [1.29, 1.82) is 0 Å². The van der Waals surface area contributed by atoms with E-state index in [1.54, 1.807) is 40.7 Å². The summed E-state index contributed by atoms with van der Waals surface area (Å²) >= 11 is 0. The molecule has 1 aliphatic carbocycles. The van der Waals surface area contributed by atoms with Gasteiger partial charge >= 0.3 is 0 Å². The Kier molecular flexibility index (Phi) is 5.12. The van der Waals surface area contributed by atoms with Crippen LogP contribution in [-0.2, 0) is 15.4 Å². The Morgan fingerprint density at radius 1 is 0.921 bits per heavy atom. The summed E-state index contributed by atoms with van der Waals surface area (Å²) in [6, 6.07) is 29.7. The Bertz CT molecular complexity index is 1770. The van der Waals surface area contributed by atoms with E-state index >= 15 is 0 Å². The highest BCUT2D eigenvalue weighted by Crippen LogP contribution is 2.70. The van der Waals surface area contributed by atoms with E-state index in [4.69, 9.17) is 0 Å². The highest BCUT2D eigenvalue weighted by Gasteiger charge is 2.71. The van der Waals surface area contributed by atoms with Gasteiger partial charge in [-0.2, -0.15) is 9.40 Å². The van der Waals surface area contributed by atoms with Gasteiger partial charge in [0.25, 0.3) is 0 Å². The maximum absolute atomic E-state index is 13.6. The highest BCUT2D eigenvalue weighted by atomic mass is 32.2. The molecule has 2 fully saturated rings. The van der Waals surface area contributed by atoms with Crippen LogP contribution in [0.25, 0.3) is 16.6 Å². The number of rotatable bonds is 5. The molecular weight excluding hydrogens is 497 g/mol. The van der Waals surface area contributed by atoms with Crippen LogP contribution in [0.2, 0.25) is 0 Å². The van der Waals surface area contributed by atoms with Gasteiger partial charge in [-0.15, -0.1) is 0 Å². The number of sulfonamides is 1. The summed E-state index contributed by atoms with van der Waals surface area (Å²) in [7, 11) is -3.60. The van der Waals surface area contributed by atoms with Crippen molar-refractivity contribution in [3.8, 4) is 5.69 Å². The lowest BCUT2D eigenvalue weighted by atomic mass is 9.87. The minimum atomic E-state index is -3.60. The number of nitrogens with zero attached hydrogens (tertiary/aromatic N) is 3. The molecule has 0 N–H and O–H groups in total. The van der Waals surface area contributed by atoms with Gasteiger partial charge in [0.15, 0.2) is 0 Å². The first-order valence-electron chi connectivity index (χ1n) is 12.7. The molecular formula is C31H26FN3O2S. The van der Waals surface area contributed by atoms with Gasteiger partial charge in [-0.1, -0.05) is 48.5 Å². The van der Waals surface area contributed by atoms with Crippen molar-refractivity contribution in [2.75, 3.05) is 13.1 Å². The van der Waals surface area contributed by atoms with Gasteiger partial charge < -0.3 is 0 Å². The van der Waals surface area contributed by atoms with Gasteiger partial charge in [-0.25, -0.2) is 17.5 Å². The molecule has 38 heavy (non-hydrogen) atoms. The van der Waals surface area contributed by atoms with E-state index in [1.165, 1.54) is 23.3 Å². The van der Waals surface area contributed by atoms with Gasteiger partial charge in [0.05, 0.1) is 22.3 Å². The number of aryl methyl sites for hydroxylation is 1. The number of hydrogen-bond donors (Lipinski definition) is 0. The van der Waals surface area contributed by atoms with Crippen LogP contribution in [0.15, 0.2) is 108 Å². The number of fused-ring (bicyclic) bond motifs is 2. The van der Waals surface area contributed by atoms with Gasteiger partial charge in [0, 0.05) is 29.8 Å². The lowest BCUT2D eigenvalue weighted by molar-refractivity contribution is 0.421. The van der Waals surface area contributed by atoms with E-state index in [0.717, 1.165) is 22.2 Å². The number of benzene rings is 4. The lowest BCUT2D eigenvalue weighted by Gasteiger charge is -2.25. The van der Waals surface area contributed by atoms with Crippen molar-refractivity contribution >= 4 is 20.9 Å². The zero-order chi connectivity index (χ0) is 26.1. The van der Waals surface area contributed by atoms with Crippen LogP contribution in [0.5, 0.6) is 0 Å². The number of aromatic nitrogens is 2. The van der Waals surface area contributed by atoms with Crippen LogP contribution in [-0.4, -0.2) is 35.6 Å². The van der Waals surface area contributed by atoms with Crippen molar-refractivity contribution in [2.24, 2.45) is 5.92 Å². The van der Waals surface area contributed by atoms with Crippen molar-refractivity contribution in [3.63, 3.8) is 0 Å². The molecule has 190 valence electrons. The SMILES string of the molecule is Cc1cc2c(cnn2-c2ccc(F)cc2)cc1C12CN(S(=O)(=O)c3ccccc3)CC1C2c1ccccc1. The summed E-state index contributed by atoms with van der Waals surface area (Å²) in [4.78, 5) is 0.334. The molecule has 2 aliphatic rings. The fourth-order valence-corrected chi connectivity index (χ4v) is 8.15. The smallest absolute Gasteiger partial charge is 0.233 e. The van der Waals surface area contributed by atoms with Crippen LogP contribution in [0.4, 0.5) is 4.39 Å². The van der Waals surface area contributed by atoms with E-state index in [1.807, 2.05) is 23.0 Å². The number of hydrogen-bond acceptors (Lipinski definition) is 3. The molecule has 3 unspecified atom stereocenters. The topological polar surface area (TPSA) is 55.2 Å². The molecule has 4 aromatic carbocycles. The minimum absolute atomic E-state index is 0.187. The summed E-state index contributed by atoms with van der Waals surface area (Å²) in [6.07, 6.45) is 1.83. The summed E-state index contributed by atoms with van der Waals surface area (Å²) in [5, 5.41) is 5.58. The second kappa shape index (κ2) is 8.35. The molecule has 0 amide bonds. The molecule has 1 saturated carbocycles. The molecule has 0 spiro atoms. The maximum Gasteiger partial charge on any atom is 0.243 e. The molecule has 1 saturated heterocycles. The third-order valence-electron chi connectivity index (χ3n) is 8.37. The van der Waals surface area contributed by atoms with Crippen LogP contribution < -0.4 is 0 Å². The quantitative estimate of drug-likeness (QED) is 0.291. The standard InChI is InChI=1S/C31H26FN3O2S/c1-21-16-29-23(18-33-35(29)25-14-12-24(32)13-15-25)17-27(21)31-20-34(38(36,37)26-10-6-3-7-11-26)19-28(31)30(31)22-8-4-2-5-9-22/h2-18,28,30H,19-20H2,1H3. The molecule has 1 aliphatic heterocycles. The molecule has 7 heteroatoms. The Morgan fingerprint density at radius 3 is 2.32 bits per heavy atom. The summed E-state index contributed by atoms with van der Waals surface area (Å²) < 4.78 is 44.2. The average Bonchev–Trinajstić information content (AvgIpc) is 3.20. The second-order valence-electron chi connectivity index (χ2n) is 10.4. The Labute approximate surface area is 221 Å². The van der Waals surface area contributed by atoms with Crippen molar-refractivity contribution < 1.29 is 12.8 Å². The largest absolute Gasteiger partial charge is 0.243 e. The normalized spacial score (nSPS) is 23.0. The molecule has 7 rings (SSSR count). The predicted molar refractivity (Wildman–Crippen MR) is 145 cm³/mol. The molecule has 2 heterocycles. The van der Waals surface area contributed by atoms with E-state index in [2.05, 4.69) is 48.4 Å². The first-order chi connectivity index (χ1) is 18.4. The average molecular weight is 524 g/mol. The number of halogens is 1. The molecule has 5 nitrogen and oxygen atoms in total. The Hall–Kier alpha value is -3.81. The summed E-state index contributed by atoms with van der Waals surface area (Å²) in [6.45, 7) is 3.02. The first kappa shape index (κ1) is 23.3. The van der Waals surface area contributed by atoms with Gasteiger partial charge in [0.1, 0.15) is 5.82 Å². The van der Waals surface area contributed by atoms with E-state index in [9.17, 15) is 12.8 Å². The summed E-state index contributed by atoms with van der Waals surface area (Å²) in [5.74, 6) is 0.145. The maximum atomic E-state index is 13.6. The van der Waals surface area contributed by atoms with Crippen LogP contribution in [0.1, 0.15) is 22.6 Å². The van der Waals surface area contributed by atoms with Gasteiger partial charge in [-0.05, 0) is 78.1 Å². The molecule has 5 aromatic rings. The molecule has 0 bridgehead atoms. The van der Waals surface area contributed by atoms with Gasteiger partial charge in [-0.3, -0.25) is 0 Å².